The van der Waals surface area contributed by atoms with Crippen molar-refractivity contribution in [2.75, 3.05) is 7.11 Å². The number of esters is 1. The largest absolute Gasteiger partial charge is 0.467 e. The second kappa shape index (κ2) is 4.48. The number of carbonyl (C=O) groups excluding carboxylic acids is 1. The molecule has 0 aliphatic carbocycles. The molecule has 0 saturated carbocycles. The van der Waals surface area contributed by atoms with Gasteiger partial charge in [0.25, 0.3) is 0 Å². The number of ether oxygens (including phenoxy) is 1. The maximum atomic E-state index is 13.0. The number of carbonyl (C=O) groups is 1. The third-order valence-electron chi connectivity index (χ3n) is 1.85. The first kappa shape index (κ1) is 12.4. The molecule has 1 aromatic rings. The molecule has 0 fully saturated rings. The Balaban J connectivity index is 3.30. The molecule has 0 radical (unpaired) electrons. The molecule has 3 nitrogen and oxygen atoms in total. The molecule has 0 bridgehead atoms. The molecule has 1 atom stereocenters. The fourth-order valence-electron chi connectivity index (χ4n) is 1.03. The van der Waals surface area contributed by atoms with Crippen LogP contribution in [-0.2, 0) is 9.53 Å². The number of aliphatic hydroxyl groups excluding tert-OH is 1. The van der Waals surface area contributed by atoms with E-state index in [-0.39, 0.29) is 6.07 Å². The van der Waals surface area contributed by atoms with Gasteiger partial charge in [-0.25, -0.2) is 22.4 Å². The van der Waals surface area contributed by atoms with E-state index in [2.05, 4.69) is 4.74 Å². The van der Waals surface area contributed by atoms with Crippen LogP contribution in [0.2, 0.25) is 0 Å². The molecular weight excluding hydrogens is 232 g/mol. The van der Waals surface area contributed by atoms with Gasteiger partial charge in [-0.2, -0.15) is 0 Å². The van der Waals surface area contributed by atoms with Crippen molar-refractivity contribution in [3.05, 3.63) is 34.9 Å². The maximum absolute atomic E-state index is 13.0. The van der Waals surface area contributed by atoms with Crippen molar-refractivity contribution in [2.24, 2.45) is 0 Å². The van der Waals surface area contributed by atoms with Crippen LogP contribution in [0.1, 0.15) is 11.7 Å². The third-order valence-corrected chi connectivity index (χ3v) is 1.85. The summed E-state index contributed by atoms with van der Waals surface area (Å²) in [6.07, 6.45) is -2.21. The lowest BCUT2D eigenvalue weighted by atomic mass is 10.1. The van der Waals surface area contributed by atoms with Crippen LogP contribution in [0.4, 0.5) is 17.6 Å². The van der Waals surface area contributed by atoms with Crippen LogP contribution >= 0.6 is 0 Å². The Labute approximate surface area is 87.3 Å². The Morgan fingerprint density at radius 1 is 1.25 bits per heavy atom. The molecule has 1 rings (SSSR count). The molecular formula is C9H6F4O3. The lowest BCUT2D eigenvalue weighted by Crippen LogP contribution is -2.16. The first-order chi connectivity index (χ1) is 7.40. The highest BCUT2D eigenvalue weighted by Crippen LogP contribution is 2.24. The van der Waals surface area contributed by atoms with Gasteiger partial charge in [-0.1, -0.05) is 0 Å². The minimum Gasteiger partial charge on any atom is -0.467 e. The fraction of sp³-hybridized carbons (Fsp3) is 0.222. The van der Waals surface area contributed by atoms with E-state index in [0.29, 0.717) is 0 Å². The number of benzene rings is 1. The molecule has 88 valence electrons. The summed E-state index contributed by atoms with van der Waals surface area (Å²) in [6.45, 7) is 0. The van der Waals surface area contributed by atoms with Crippen molar-refractivity contribution >= 4 is 5.97 Å². The van der Waals surface area contributed by atoms with Crippen LogP contribution in [0.15, 0.2) is 6.07 Å². The smallest absolute Gasteiger partial charge is 0.339 e. The summed E-state index contributed by atoms with van der Waals surface area (Å²) in [7, 11) is 0.889. The minimum atomic E-state index is -2.21. The molecule has 16 heavy (non-hydrogen) atoms. The fourth-order valence-corrected chi connectivity index (χ4v) is 1.03. The topological polar surface area (TPSA) is 46.5 Å². The van der Waals surface area contributed by atoms with Crippen molar-refractivity contribution in [3.8, 4) is 0 Å². The molecule has 0 heterocycles. The summed E-state index contributed by atoms with van der Waals surface area (Å²) in [4.78, 5) is 10.8. The minimum absolute atomic E-state index is 0.190. The van der Waals surface area contributed by atoms with E-state index >= 15 is 0 Å². The lowest BCUT2D eigenvalue weighted by molar-refractivity contribution is -0.150. The van der Waals surface area contributed by atoms with Crippen LogP contribution in [-0.4, -0.2) is 18.2 Å². The maximum Gasteiger partial charge on any atom is 0.339 e. The highest BCUT2D eigenvalue weighted by Gasteiger charge is 2.27. The van der Waals surface area contributed by atoms with Gasteiger partial charge in [0.05, 0.1) is 7.11 Å². The second-order valence-corrected chi connectivity index (χ2v) is 2.82. The zero-order valence-electron chi connectivity index (χ0n) is 7.93. The van der Waals surface area contributed by atoms with Gasteiger partial charge in [0, 0.05) is 5.56 Å². The number of aliphatic hydroxyl groups is 1. The Hall–Kier alpha value is -1.63. The van der Waals surface area contributed by atoms with E-state index in [1.54, 1.807) is 0 Å². The molecule has 0 amide bonds. The number of halogens is 4. The SMILES string of the molecule is COC(=O)C(O)c1cc(F)c(F)c(F)c1F. The predicted octanol–water partition coefficient (Wildman–Crippen LogP) is 1.45. The Morgan fingerprint density at radius 2 is 1.81 bits per heavy atom. The van der Waals surface area contributed by atoms with E-state index in [0.717, 1.165) is 7.11 Å². The normalized spacial score (nSPS) is 12.4. The zero-order chi connectivity index (χ0) is 12.5. The quantitative estimate of drug-likeness (QED) is 0.367. The highest BCUT2D eigenvalue weighted by molar-refractivity contribution is 5.76. The van der Waals surface area contributed by atoms with Crippen LogP contribution in [0.5, 0.6) is 0 Å². The van der Waals surface area contributed by atoms with Gasteiger partial charge in [0.1, 0.15) is 0 Å². The van der Waals surface area contributed by atoms with Crippen molar-refractivity contribution in [1.29, 1.82) is 0 Å². The van der Waals surface area contributed by atoms with E-state index < -0.39 is 40.9 Å². The summed E-state index contributed by atoms with van der Waals surface area (Å²) in [5, 5.41) is 9.14. The Kier molecular flexibility index (Phi) is 3.48. The Bertz CT molecular complexity index is 433. The zero-order valence-corrected chi connectivity index (χ0v) is 7.93. The lowest BCUT2D eigenvalue weighted by Gasteiger charge is -2.10. The average Bonchev–Trinajstić information content (AvgIpc) is 2.29. The number of hydrogen-bond acceptors (Lipinski definition) is 3. The first-order valence-electron chi connectivity index (χ1n) is 3.99. The van der Waals surface area contributed by atoms with Gasteiger partial charge in [-0.15, -0.1) is 0 Å². The molecule has 1 N–H and O–H groups in total. The molecule has 1 unspecified atom stereocenters. The van der Waals surface area contributed by atoms with Crippen LogP contribution in [0, 0.1) is 23.3 Å². The van der Waals surface area contributed by atoms with Crippen LogP contribution < -0.4 is 0 Å². The predicted molar refractivity (Wildman–Crippen MR) is 43.2 cm³/mol. The van der Waals surface area contributed by atoms with Crippen molar-refractivity contribution < 1.29 is 32.2 Å². The Morgan fingerprint density at radius 3 is 2.31 bits per heavy atom. The second-order valence-electron chi connectivity index (χ2n) is 2.82. The van der Waals surface area contributed by atoms with Crippen LogP contribution in [0.25, 0.3) is 0 Å². The summed E-state index contributed by atoms with van der Waals surface area (Å²) >= 11 is 0. The van der Waals surface area contributed by atoms with E-state index in [9.17, 15) is 22.4 Å². The van der Waals surface area contributed by atoms with Crippen molar-refractivity contribution in [2.45, 2.75) is 6.10 Å². The van der Waals surface area contributed by atoms with Crippen molar-refractivity contribution in [1.82, 2.24) is 0 Å². The number of rotatable bonds is 2. The van der Waals surface area contributed by atoms with Gasteiger partial charge in [-0.3, -0.25) is 0 Å². The van der Waals surface area contributed by atoms with Crippen molar-refractivity contribution in [3.63, 3.8) is 0 Å². The third kappa shape index (κ3) is 1.99. The molecule has 1 aromatic carbocycles. The molecule has 0 aliphatic rings. The molecule has 0 saturated heterocycles. The molecule has 7 heteroatoms. The monoisotopic (exact) mass is 238 g/mol. The van der Waals surface area contributed by atoms with Gasteiger partial charge >= 0.3 is 5.97 Å². The first-order valence-corrected chi connectivity index (χ1v) is 3.99. The standard InChI is InChI=1S/C9H6F4O3/c1-16-9(15)8(14)3-2-4(10)6(12)7(13)5(3)11/h2,8,14H,1H3. The number of methoxy groups -OCH3 is 1. The van der Waals surface area contributed by atoms with E-state index in [1.165, 1.54) is 0 Å². The molecule has 0 aliphatic heterocycles. The average molecular weight is 238 g/mol. The van der Waals surface area contributed by atoms with E-state index in [1.807, 2.05) is 0 Å². The van der Waals surface area contributed by atoms with Gasteiger partial charge in [0.15, 0.2) is 29.4 Å². The van der Waals surface area contributed by atoms with Gasteiger partial charge in [0.2, 0.25) is 0 Å². The number of hydrogen-bond donors (Lipinski definition) is 1. The summed E-state index contributed by atoms with van der Waals surface area (Å²) in [5.41, 5.74) is -1.02. The van der Waals surface area contributed by atoms with Gasteiger partial charge < -0.3 is 9.84 Å². The summed E-state index contributed by atoms with van der Waals surface area (Å²) in [5.74, 6) is -8.98. The highest BCUT2D eigenvalue weighted by atomic mass is 19.2. The molecule has 0 spiro atoms. The molecule has 0 aromatic heterocycles. The van der Waals surface area contributed by atoms with Gasteiger partial charge in [-0.05, 0) is 6.07 Å². The van der Waals surface area contributed by atoms with E-state index in [4.69, 9.17) is 5.11 Å². The summed E-state index contributed by atoms with van der Waals surface area (Å²) < 4.78 is 55.0. The van der Waals surface area contributed by atoms with Crippen LogP contribution in [0.3, 0.4) is 0 Å². The summed E-state index contributed by atoms with van der Waals surface area (Å²) in [6, 6.07) is 0.190.